The molecule has 0 atom stereocenters. The molecular formula is C15H15NO5S. The van der Waals surface area contributed by atoms with Gasteiger partial charge < -0.3 is 9.47 Å². The van der Waals surface area contributed by atoms with Crippen molar-refractivity contribution in [3.63, 3.8) is 0 Å². The molecule has 22 heavy (non-hydrogen) atoms. The number of ether oxygens (including phenoxy) is 2. The molecule has 0 fully saturated rings. The van der Waals surface area contributed by atoms with Crippen molar-refractivity contribution in [1.29, 1.82) is 0 Å². The van der Waals surface area contributed by atoms with Crippen molar-refractivity contribution in [3.05, 3.63) is 48.0 Å². The standard InChI is InChI=1S/C15H15NO5S/c1-20-14-5-3-4-11(15(14)21-2)10-16-12-6-8-13(9-7-12)22(17,18)19/h3-10H,1-2H3,(H,17,18,19). The molecule has 7 heteroatoms. The zero-order chi connectivity index (χ0) is 16.2. The normalized spacial score (nSPS) is 11.6. The molecule has 0 aliphatic heterocycles. The highest BCUT2D eigenvalue weighted by Crippen LogP contribution is 2.29. The Hall–Kier alpha value is -2.38. The molecule has 0 radical (unpaired) electrons. The maximum absolute atomic E-state index is 11.0. The van der Waals surface area contributed by atoms with Crippen molar-refractivity contribution in [3.8, 4) is 11.5 Å². The molecule has 2 aromatic carbocycles. The summed E-state index contributed by atoms with van der Waals surface area (Å²) in [6.07, 6.45) is 1.59. The SMILES string of the molecule is COc1cccc(C=Nc2ccc(S(=O)(=O)O)cc2)c1OC. The Kier molecular flexibility index (Phi) is 4.79. The van der Waals surface area contributed by atoms with Gasteiger partial charge in [0, 0.05) is 11.8 Å². The second-order valence-corrected chi connectivity index (χ2v) is 5.73. The highest BCUT2D eigenvalue weighted by Gasteiger charge is 2.09. The quantitative estimate of drug-likeness (QED) is 0.676. The van der Waals surface area contributed by atoms with Crippen molar-refractivity contribution in [2.24, 2.45) is 4.99 Å². The molecule has 0 spiro atoms. The molecule has 0 bridgehead atoms. The predicted octanol–water partition coefficient (Wildman–Crippen LogP) is 2.70. The van der Waals surface area contributed by atoms with Crippen LogP contribution in [-0.4, -0.2) is 33.4 Å². The van der Waals surface area contributed by atoms with Gasteiger partial charge in [-0.3, -0.25) is 9.55 Å². The molecule has 0 aliphatic carbocycles. The first-order valence-electron chi connectivity index (χ1n) is 6.28. The Labute approximate surface area is 128 Å². The summed E-state index contributed by atoms with van der Waals surface area (Å²) in [7, 11) is -1.11. The minimum absolute atomic E-state index is 0.176. The summed E-state index contributed by atoms with van der Waals surface area (Å²) >= 11 is 0. The average Bonchev–Trinajstić information content (AvgIpc) is 2.51. The largest absolute Gasteiger partial charge is 0.493 e. The molecular weight excluding hydrogens is 306 g/mol. The van der Waals surface area contributed by atoms with Crippen LogP contribution in [0.3, 0.4) is 0 Å². The van der Waals surface area contributed by atoms with Gasteiger partial charge in [-0.25, -0.2) is 0 Å². The molecule has 6 nitrogen and oxygen atoms in total. The van der Waals surface area contributed by atoms with Gasteiger partial charge in [-0.05, 0) is 36.4 Å². The lowest BCUT2D eigenvalue weighted by atomic mass is 10.2. The van der Waals surface area contributed by atoms with Gasteiger partial charge in [-0.1, -0.05) is 6.07 Å². The maximum atomic E-state index is 11.0. The molecule has 0 aliphatic rings. The van der Waals surface area contributed by atoms with E-state index in [4.69, 9.17) is 14.0 Å². The topological polar surface area (TPSA) is 85.2 Å². The summed E-state index contributed by atoms with van der Waals surface area (Å²) in [6, 6.07) is 11.0. The van der Waals surface area contributed by atoms with Gasteiger partial charge in [-0.2, -0.15) is 8.42 Å². The van der Waals surface area contributed by atoms with E-state index in [0.717, 1.165) is 5.56 Å². The van der Waals surface area contributed by atoms with Crippen molar-refractivity contribution < 1.29 is 22.4 Å². The minimum atomic E-state index is -4.19. The summed E-state index contributed by atoms with van der Waals surface area (Å²) in [6.45, 7) is 0. The first-order valence-corrected chi connectivity index (χ1v) is 7.72. The highest BCUT2D eigenvalue weighted by molar-refractivity contribution is 7.85. The Morgan fingerprint density at radius 2 is 1.73 bits per heavy atom. The summed E-state index contributed by atoms with van der Waals surface area (Å²) in [5.74, 6) is 1.15. The van der Waals surface area contributed by atoms with E-state index in [0.29, 0.717) is 17.2 Å². The maximum Gasteiger partial charge on any atom is 0.294 e. The number of benzene rings is 2. The lowest BCUT2D eigenvalue weighted by Gasteiger charge is -2.09. The van der Waals surface area contributed by atoms with Gasteiger partial charge in [-0.15, -0.1) is 0 Å². The number of rotatable bonds is 5. The molecule has 1 N–H and O–H groups in total. The van der Waals surface area contributed by atoms with E-state index in [1.165, 1.54) is 31.4 Å². The van der Waals surface area contributed by atoms with Crippen LogP contribution < -0.4 is 9.47 Å². The lowest BCUT2D eigenvalue weighted by Crippen LogP contribution is -1.96. The fourth-order valence-corrected chi connectivity index (χ4v) is 2.34. The van der Waals surface area contributed by atoms with Gasteiger partial charge in [0.05, 0.1) is 24.8 Å². The Bertz CT molecular complexity index is 782. The van der Waals surface area contributed by atoms with Gasteiger partial charge in [0.1, 0.15) is 0 Å². The molecule has 0 heterocycles. The third kappa shape index (κ3) is 3.63. The molecule has 2 rings (SSSR count). The van der Waals surface area contributed by atoms with E-state index in [1.807, 2.05) is 12.1 Å². The Morgan fingerprint density at radius 3 is 2.27 bits per heavy atom. The first-order chi connectivity index (χ1) is 10.5. The number of methoxy groups -OCH3 is 2. The third-order valence-corrected chi connectivity index (χ3v) is 3.79. The molecule has 116 valence electrons. The Morgan fingerprint density at radius 1 is 1.05 bits per heavy atom. The van der Waals surface area contributed by atoms with Crippen LogP contribution >= 0.6 is 0 Å². The summed E-state index contributed by atoms with van der Waals surface area (Å²) in [5, 5.41) is 0. The second-order valence-electron chi connectivity index (χ2n) is 4.31. The fraction of sp³-hybridized carbons (Fsp3) is 0.133. The molecule has 2 aromatic rings. The van der Waals surface area contributed by atoms with E-state index in [1.54, 1.807) is 19.4 Å². The van der Waals surface area contributed by atoms with E-state index in [2.05, 4.69) is 4.99 Å². The number of hydrogen-bond donors (Lipinski definition) is 1. The highest BCUT2D eigenvalue weighted by atomic mass is 32.2. The summed E-state index contributed by atoms with van der Waals surface area (Å²) in [4.78, 5) is 4.07. The fourth-order valence-electron chi connectivity index (χ4n) is 1.86. The average molecular weight is 321 g/mol. The van der Waals surface area contributed by atoms with Crippen LogP contribution in [0.2, 0.25) is 0 Å². The van der Waals surface area contributed by atoms with Gasteiger partial charge >= 0.3 is 0 Å². The predicted molar refractivity (Wildman–Crippen MR) is 83.1 cm³/mol. The molecule has 0 amide bonds. The van der Waals surface area contributed by atoms with Crippen LogP contribution in [0.1, 0.15) is 5.56 Å². The summed E-state index contributed by atoms with van der Waals surface area (Å²) in [5.41, 5.74) is 1.26. The Balaban J connectivity index is 2.29. The lowest BCUT2D eigenvalue weighted by molar-refractivity contribution is 0.354. The summed E-state index contributed by atoms with van der Waals surface area (Å²) < 4.78 is 41.3. The van der Waals surface area contributed by atoms with Crippen LogP contribution in [0.25, 0.3) is 0 Å². The van der Waals surface area contributed by atoms with Crippen LogP contribution in [0, 0.1) is 0 Å². The van der Waals surface area contributed by atoms with Gasteiger partial charge in [0.25, 0.3) is 10.1 Å². The zero-order valence-corrected chi connectivity index (χ0v) is 12.9. The van der Waals surface area contributed by atoms with Crippen molar-refractivity contribution >= 4 is 22.0 Å². The third-order valence-electron chi connectivity index (χ3n) is 2.92. The van der Waals surface area contributed by atoms with Crippen LogP contribution in [-0.2, 0) is 10.1 Å². The number of para-hydroxylation sites is 1. The molecule has 0 aromatic heterocycles. The molecule has 0 saturated carbocycles. The van der Waals surface area contributed by atoms with Crippen LogP contribution in [0.4, 0.5) is 5.69 Å². The molecule has 0 saturated heterocycles. The number of hydrogen-bond acceptors (Lipinski definition) is 5. The number of aliphatic imine (C=N–C) groups is 1. The van der Waals surface area contributed by atoms with Gasteiger partial charge in [0.2, 0.25) is 0 Å². The van der Waals surface area contributed by atoms with E-state index in [9.17, 15) is 8.42 Å². The zero-order valence-electron chi connectivity index (χ0n) is 12.1. The second kappa shape index (κ2) is 6.59. The van der Waals surface area contributed by atoms with Crippen molar-refractivity contribution in [1.82, 2.24) is 0 Å². The monoisotopic (exact) mass is 321 g/mol. The smallest absolute Gasteiger partial charge is 0.294 e. The minimum Gasteiger partial charge on any atom is -0.493 e. The van der Waals surface area contributed by atoms with Crippen molar-refractivity contribution in [2.45, 2.75) is 4.90 Å². The first kappa shape index (κ1) is 16.0. The van der Waals surface area contributed by atoms with Crippen LogP contribution in [0.15, 0.2) is 52.4 Å². The van der Waals surface area contributed by atoms with E-state index < -0.39 is 10.1 Å². The van der Waals surface area contributed by atoms with Gasteiger partial charge in [0.15, 0.2) is 11.5 Å². The van der Waals surface area contributed by atoms with E-state index >= 15 is 0 Å². The van der Waals surface area contributed by atoms with Crippen LogP contribution in [0.5, 0.6) is 11.5 Å². The van der Waals surface area contributed by atoms with E-state index in [-0.39, 0.29) is 4.90 Å². The number of nitrogens with zero attached hydrogens (tertiary/aromatic N) is 1. The van der Waals surface area contributed by atoms with Crippen molar-refractivity contribution in [2.75, 3.05) is 14.2 Å². The molecule has 0 unspecified atom stereocenters.